The Kier molecular flexibility index (Phi) is 3.94. The normalized spacial score (nSPS) is 11.4. The Morgan fingerprint density at radius 3 is 2.86 bits per heavy atom. The lowest BCUT2D eigenvalue weighted by atomic mass is 10.2. The number of guanidine groups is 1. The molecule has 0 fully saturated rings. The topological polar surface area (TPSA) is 59.6 Å². The molecular formula is C10H15N3O. The number of hydrogen-bond donors (Lipinski definition) is 2. The Balaban J connectivity index is 2.84. The Labute approximate surface area is 83.8 Å². The van der Waals surface area contributed by atoms with Crippen molar-refractivity contribution in [2.75, 3.05) is 19.5 Å². The van der Waals surface area contributed by atoms with Gasteiger partial charge < -0.3 is 15.8 Å². The molecule has 4 nitrogen and oxygen atoms in total. The maximum absolute atomic E-state index is 5.57. The van der Waals surface area contributed by atoms with Gasteiger partial charge in [0.1, 0.15) is 0 Å². The molecule has 0 bridgehead atoms. The number of nitrogens with two attached hydrogens (primary N) is 1. The molecule has 0 spiro atoms. The molecule has 0 aliphatic carbocycles. The molecule has 0 aliphatic rings. The zero-order chi connectivity index (χ0) is 10.4. The summed E-state index contributed by atoms with van der Waals surface area (Å²) in [5, 5.41) is 2.99. The van der Waals surface area contributed by atoms with Gasteiger partial charge in [-0.15, -0.1) is 0 Å². The summed E-state index contributed by atoms with van der Waals surface area (Å²) in [5.74, 6) is 0.397. The molecule has 0 saturated heterocycles. The van der Waals surface area contributed by atoms with E-state index in [-0.39, 0.29) is 0 Å². The fourth-order valence-electron chi connectivity index (χ4n) is 1.12. The van der Waals surface area contributed by atoms with Crippen LogP contribution in [0.1, 0.15) is 5.56 Å². The van der Waals surface area contributed by atoms with E-state index < -0.39 is 0 Å². The second-order valence-electron chi connectivity index (χ2n) is 2.82. The highest BCUT2D eigenvalue weighted by atomic mass is 16.5. The molecule has 1 aromatic rings. The number of aliphatic imine (C=N–C) groups is 1. The molecule has 0 heterocycles. The van der Waals surface area contributed by atoms with Crippen LogP contribution in [0.25, 0.3) is 0 Å². The molecule has 4 heteroatoms. The van der Waals surface area contributed by atoms with Crippen molar-refractivity contribution in [1.82, 2.24) is 0 Å². The van der Waals surface area contributed by atoms with Crippen molar-refractivity contribution >= 4 is 11.6 Å². The number of para-hydroxylation sites is 1. The van der Waals surface area contributed by atoms with Gasteiger partial charge in [0.15, 0.2) is 5.96 Å². The number of benzene rings is 1. The highest BCUT2D eigenvalue weighted by Crippen LogP contribution is 2.15. The molecule has 0 saturated carbocycles. The van der Waals surface area contributed by atoms with E-state index in [0.29, 0.717) is 12.6 Å². The van der Waals surface area contributed by atoms with Gasteiger partial charge in [0.25, 0.3) is 0 Å². The molecule has 3 N–H and O–H groups in total. The monoisotopic (exact) mass is 193 g/mol. The van der Waals surface area contributed by atoms with Gasteiger partial charge in [0, 0.05) is 25.4 Å². The van der Waals surface area contributed by atoms with Crippen LogP contribution in [0.3, 0.4) is 0 Å². The van der Waals surface area contributed by atoms with Crippen LogP contribution < -0.4 is 11.1 Å². The van der Waals surface area contributed by atoms with Crippen LogP contribution >= 0.6 is 0 Å². The molecule has 1 rings (SSSR count). The largest absolute Gasteiger partial charge is 0.380 e. The first-order valence-electron chi connectivity index (χ1n) is 4.34. The fraction of sp³-hybridized carbons (Fsp3) is 0.300. The first kappa shape index (κ1) is 10.5. The van der Waals surface area contributed by atoms with E-state index in [2.05, 4.69) is 10.3 Å². The summed E-state index contributed by atoms with van der Waals surface area (Å²) in [7, 11) is 3.30. The third-order valence-corrected chi connectivity index (χ3v) is 1.82. The predicted octanol–water partition coefficient (Wildman–Crippen LogP) is 1.19. The van der Waals surface area contributed by atoms with Gasteiger partial charge in [-0.25, -0.2) is 0 Å². The Morgan fingerprint density at radius 1 is 1.50 bits per heavy atom. The first-order valence-corrected chi connectivity index (χ1v) is 4.34. The number of methoxy groups -OCH3 is 1. The lowest BCUT2D eigenvalue weighted by molar-refractivity contribution is 0.185. The second kappa shape index (κ2) is 5.24. The molecule has 76 valence electrons. The summed E-state index contributed by atoms with van der Waals surface area (Å²) >= 11 is 0. The van der Waals surface area contributed by atoms with Gasteiger partial charge >= 0.3 is 0 Å². The van der Waals surface area contributed by atoms with Crippen LogP contribution in [0.2, 0.25) is 0 Å². The van der Waals surface area contributed by atoms with Crippen molar-refractivity contribution in [3.8, 4) is 0 Å². The average Bonchev–Trinajstić information content (AvgIpc) is 2.21. The Bertz CT molecular complexity index is 323. The van der Waals surface area contributed by atoms with Gasteiger partial charge in [-0.2, -0.15) is 0 Å². The number of anilines is 1. The zero-order valence-corrected chi connectivity index (χ0v) is 8.45. The quantitative estimate of drug-likeness (QED) is 0.560. The number of rotatable bonds is 3. The highest BCUT2D eigenvalue weighted by molar-refractivity contribution is 5.92. The SMILES string of the molecule is CN=C(N)Nc1ccccc1COC. The predicted molar refractivity (Wildman–Crippen MR) is 58.3 cm³/mol. The first-order chi connectivity index (χ1) is 6.77. The van der Waals surface area contributed by atoms with Crippen molar-refractivity contribution in [2.24, 2.45) is 10.7 Å². The number of nitrogens with one attached hydrogen (secondary N) is 1. The number of nitrogens with zero attached hydrogens (tertiary/aromatic N) is 1. The van der Waals surface area contributed by atoms with E-state index in [4.69, 9.17) is 10.5 Å². The average molecular weight is 193 g/mol. The van der Waals surface area contributed by atoms with Gasteiger partial charge in [0.2, 0.25) is 0 Å². The molecule has 0 aromatic heterocycles. The van der Waals surface area contributed by atoms with Crippen LogP contribution in [-0.2, 0) is 11.3 Å². The fourth-order valence-corrected chi connectivity index (χ4v) is 1.12. The summed E-state index contributed by atoms with van der Waals surface area (Å²) < 4.78 is 5.06. The maximum Gasteiger partial charge on any atom is 0.192 e. The minimum absolute atomic E-state index is 0.397. The summed E-state index contributed by atoms with van der Waals surface area (Å²) in [6.45, 7) is 0.556. The zero-order valence-electron chi connectivity index (χ0n) is 8.45. The smallest absolute Gasteiger partial charge is 0.192 e. The third-order valence-electron chi connectivity index (χ3n) is 1.82. The van der Waals surface area contributed by atoms with Gasteiger partial charge in [-0.1, -0.05) is 18.2 Å². The molecule has 0 radical (unpaired) electrons. The van der Waals surface area contributed by atoms with E-state index in [0.717, 1.165) is 11.3 Å². The lowest BCUT2D eigenvalue weighted by Crippen LogP contribution is -2.22. The van der Waals surface area contributed by atoms with Crippen molar-refractivity contribution in [2.45, 2.75) is 6.61 Å². The lowest BCUT2D eigenvalue weighted by Gasteiger charge is -2.09. The van der Waals surface area contributed by atoms with E-state index >= 15 is 0 Å². The Morgan fingerprint density at radius 2 is 2.21 bits per heavy atom. The molecular weight excluding hydrogens is 178 g/mol. The van der Waals surface area contributed by atoms with E-state index in [1.807, 2.05) is 24.3 Å². The molecule has 0 unspecified atom stereocenters. The molecule has 0 atom stereocenters. The third kappa shape index (κ3) is 2.74. The summed E-state index contributed by atoms with van der Waals surface area (Å²) in [6, 6.07) is 7.81. The maximum atomic E-state index is 5.57. The number of hydrogen-bond acceptors (Lipinski definition) is 2. The highest BCUT2D eigenvalue weighted by Gasteiger charge is 2.01. The van der Waals surface area contributed by atoms with Gasteiger partial charge in [-0.05, 0) is 6.07 Å². The summed E-state index contributed by atoms with van der Waals surface area (Å²) in [4.78, 5) is 3.83. The minimum Gasteiger partial charge on any atom is -0.380 e. The van der Waals surface area contributed by atoms with Crippen molar-refractivity contribution in [1.29, 1.82) is 0 Å². The number of ether oxygens (including phenoxy) is 1. The van der Waals surface area contributed by atoms with Crippen LogP contribution in [0, 0.1) is 0 Å². The van der Waals surface area contributed by atoms with Gasteiger partial charge in [0.05, 0.1) is 6.61 Å². The van der Waals surface area contributed by atoms with E-state index in [1.54, 1.807) is 14.2 Å². The minimum atomic E-state index is 0.397. The van der Waals surface area contributed by atoms with Crippen LogP contribution in [0.5, 0.6) is 0 Å². The van der Waals surface area contributed by atoms with Crippen LogP contribution in [-0.4, -0.2) is 20.1 Å². The molecule has 14 heavy (non-hydrogen) atoms. The van der Waals surface area contributed by atoms with E-state index in [9.17, 15) is 0 Å². The second-order valence-corrected chi connectivity index (χ2v) is 2.82. The molecule has 1 aromatic carbocycles. The van der Waals surface area contributed by atoms with Crippen LogP contribution in [0.4, 0.5) is 5.69 Å². The summed E-state index contributed by atoms with van der Waals surface area (Å²) in [5.41, 5.74) is 7.55. The Hall–Kier alpha value is -1.55. The summed E-state index contributed by atoms with van der Waals surface area (Å²) in [6.07, 6.45) is 0. The molecule has 0 aliphatic heterocycles. The molecule has 0 amide bonds. The van der Waals surface area contributed by atoms with Crippen molar-refractivity contribution < 1.29 is 4.74 Å². The van der Waals surface area contributed by atoms with Crippen LogP contribution in [0.15, 0.2) is 29.3 Å². The van der Waals surface area contributed by atoms with Crippen molar-refractivity contribution in [3.63, 3.8) is 0 Å². The van der Waals surface area contributed by atoms with E-state index in [1.165, 1.54) is 0 Å². The van der Waals surface area contributed by atoms with Gasteiger partial charge in [-0.3, -0.25) is 4.99 Å². The van der Waals surface area contributed by atoms with Crippen molar-refractivity contribution in [3.05, 3.63) is 29.8 Å². The standard InChI is InChI=1S/C10H15N3O/c1-12-10(11)13-9-6-4-3-5-8(9)7-14-2/h3-6H,7H2,1-2H3,(H3,11,12,13).